The van der Waals surface area contributed by atoms with E-state index in [4.69, 9.17) is 9.57 Å². The standard InChI is InChI=1S/C10H12BrN3O4S/c1-2-17-9(16)8(14-18-4-3-11)7-5-19-10(13-7)12-6-15/h5-6H,2-4H2,1H3,(H,12,13,15)/b14-8-. The summed E-state index contributed by atoms with van der Waals surface area (Å²) in [5.74, 6) is -0.625. The number of aromatic nitrogens is 1. The summed E-state index contributed by atoms with van der Waals surface area (Å²) in [5.41, 5.74) is 0.264. The summed E-state index contributed by atoms with van der Waals surface area (Å²) in [5, 5.41) is 8.64. The Balaban J connectivity index is 2.90. The highest BCUT2D eigenvalue weighted by molar-refractivity contribution is 9.09. The van der Waals surface area contributed by atoms with Gasteiger partial charge >= 0.3 is 5.97 Å². The van der Waals surface area contributed by atoms with E-state index in [0.717, 1.165) is 0 Å². The highest BCUT2D eigenvalue weighted by Crippen LogP contribution is 2.16. The zero-order valence-electron chi connectivity index (χ0n) is 10.1. The molecule has 0 aliphatic heterocycles. The van der Waals surface area contributed by atoms with Crippen LogP contribution in [0.15, 0.2) is 10.5 Å². The number of nitrogens with one attached hydrogen (secondary N) is 1. The summed E-state index contributed by atoms with van der Waals surface area (Å²) in [4.78, 5) is 31.0. The Morgan fingerprint density at radius 3 is 3.11 bits per heavy atom. The molecule has 0 unspecified atom stereocenters. The first-order valence-electron chi connectivity index (χ1n) is 5.32. The van der Waals surface area contributed by atoms with E-state index in [1.54, 1.807) is 12.3 Å². The van der Waals surface area contributed by atoms with Gasteiger partial charge in [-0.25, -0.2) is 9.78 Å². The molecule has 1 rings (SSSR count). The second kappa shape index (κ2) is 8.59. The third-order valence-corrected chi connectivity index (χ3v) is 2.82. The van der Waals surface area contributed by atoms with Crippen molar-refractivity contribution in [2.24, 2.45) is 5.16 Å². The fourth-order valence-corrected chi connectivity index (χ4v) is 1.83. The Bertz CT molecular complexity index is 463. The number of rotatable bonds is 8. The van der Waals surface area contributed by atoms with Crippen molar-refractivity contribution in [1.82, 2.24) is 4.98 Å². The molecule has 1 amide bonds. The topological polar surface area (TPSA) is 89.9 Å². The summed E-state index contributed by atoms with van der Waals surface area (Å²) >= 11 is 4.35. The van der Waals surface area contributed by atoms with E-state index in [0.29, 0.717) is 29.2 Å². The molecule has 0 saturated heterocycles. The van der Waals surface area contributed by atoms with E-state index in [2.05, 4.69) is 31.4 Å². The second-order valence-electron chi connectivity index (χ2n) is 2.98. The van der Waals surface area contributed by atoms with Gasteiger partial charge in [-0.3, -0.25) is 4.79 Å². The molecule has 1 aromatic heterocycles. The summed E-state index contributed by atoms with van der Waals surface area (Å²) in [6.45, 7) is 2.22. The van der Waals surface area contributed by atoms with Crippen molar-refractivity contribution in [1.29, 1.82) is 0 Å². The molecule has 0 spiro atoms. The number of alkyl halides is 1. The molecular formula is C10H12BrN3O4S. The van der Waals surface area contributed by atoms with Crippen LogP contribution in [0.2, 0.25) is 0 Å². The molecule has 0 fully saturated rings. The van der Waals surface area contributed by atoms with Crippen LogP contribution >= 0.6 is 27.3 Å². The molecule has 0 bridgehead atoms. The highest BCUT2D eigenvalue weighted by atomic mass is 79.9. The van der Waals surface area contributed by atoms with Crippen molar-refractivity contribution < 1.29 is 19.2 Å². The molecule has 19 heavy (non-hydrogen) atoms. The van der Waals surface area contributed by atoms with E-state index >= 15 is 0 Å². The number of carbonyl (C=O) groups excluding carboxylic acids is 2. The van der Waals surface area contributed by atoms with E-state index in [1.807, 2.05) is 0 Å². The maximum absolute atomic E-state index is 11.7. The minimum atomic E-state index is -0.625. The molecule has 104 valence electrons. The quantitative estimate of drug-likeness (QED) is 0.191. The average Bonchev–Trinajstić information content (AvgIpc) is 2.84. The van der Waals surface area contributed by atoms with Crippen LogP contribution in [0, 0.1) is 0 Å². The zero-order valence-corrected chi connectivity index (χ0v) is 12.5. The summed E-state index contributed by atoms with van der Waals surface area (Å²) in [6.07, 6.45) is 0.505. The van der Waals surface area contributed by atoms with Gasteiger partial charge in [0, 0.05) is 10.7 Å². The SMILES string of the molecule is CCOC(=O)/C(=N\OCCBr)c1csc(NC=O)n1. The lowest BCUT2D eigenvalue weighted by Gasteiger charge is -2.03. The first-order chi connectivity index (χ1) is 9.22. The molecule has 0 aliphatic rings. The predicted molar refractivity (Wildman–Crippen MR) is 74.7 cm³/mol. The Morgan fingerprint density at radius 2 is 2.47 bits per heavy atom. The van der Waals surface area contributed by atoms with Gasteiger partial charge in [0.2, 0.25) is 12.1 Å². The first kappa shape index (κ1) is 15.6. The molecule has 0 aromatic carbocycles. The maximum atomic E-state index is 11.7. The number of hydrogen-bond acceptors (Lipinski definition) is 7. The van der Waals surface area contributed by atoms with Crippen LogP contribution in [0.5, 0.6) is 0 Å². The molecule has 7 nitrogen and oxygen atoms in total. The third-order valence-electron chi connectivity index (χ3n) is 1.72. The maximum Gasteiger partial charge on any atom is 0.362 e. The van der Waals surface area contributed by atoms with Gasteiger partial charge in [0.05, 0.1) is 6.61 Å². The smallest absolute Gasteiger partial charge is 0.362 e. The molecule has 1 heterocycles. The summed E-state index contributed by atoms with van der Waals surface area (Å²) < 4.78 is 4.87. The van der Waals surface area contributed by atoms with Crippen LogP contribution in [0.4, 0.5) is 5.13 Å². The monoisotopic (exact) mass is 349 g/mol. The van der Waals surface area contributed by atoms with Crippen molar-refractivity contribution in [3.05, 3.63) is 11.1 Å². The Labute approximate surface area is 122 Å². The van der Waals surface area contributed by atoms with Crippen molar-refractivity contribution in [3.63, 3.8) is 0 Å². The number of halogens is 1. The molecule has 0 radical (unpaired) electrons. The number of thiazole rings is 1. The number of amides is 1. The van der Waals surface area contributed by atoms with Crippen molar-refractivity contribution in [3.8, 4) is 0 Å². The van der Waals surface area contributed by atoms with Gasteiger partial charge in [-0.2, -0.15) is 0 Å². The van der Waals surface area contributed by atoms with Crippen LogP contribution in [0.1, 0.15) is 12.6 Å². The number of esters is 1. The number of oxime groups is 1. The van der Waals surface area contributed by atoms with Crippen molar-refractivity contribution >= 4 is 50.5 Å². The second-order valence-corrected chi connectivity index (χ2v) is 4.63. The predicted octanol–water partition coefficient (Wildman–Crippen LogP) is 1.39. The molecule has 0 aliphatic carbocycles. The fraction of sp³-hybridized carbons (Fsp3) is 0.400. The first-order valence-corrected chi connectivity index (χ1v) is 7.32. The number of anilines is 1. The highest BCUT2D eigenvalue weighted by Gasteiger charge is 2.19. The lowest BCUT2D eigenvalue weighted by atomic mass is 10.3. The van der Waals surface area contributed by atoms with E-state index < -0.39 is 5.97 Å². The lowest BCUT2D eigenvalue weighted by molar-refractivity contribution is -0.135. The Morgan fingerprint density at radius 1 is 1.68 bits per heavy atom. The van der Waals surface area contributed by atoms with Crippen LogP contribution in [0.3, 0.4) is 0 Å². The van der Waals surface area contributed by atoms with Gasteiger partial charge in [0.15, 0.2) is 5.13 Å². The molecule has 9 heteroatoms. The average molecular weight is 350 g/mol. The summed E-state index contributed by atoms with van der Waals surface area (Å²) in [7, 11) is 0. The van der Waals surface area contributed by atoms with Crippen LogP contribution in [-0.2, 0) is 19.2 Å². The normalized spacial score (nSPS) is 10.9. The van der Waals surface area contributed by atoms with Crippen LogP contribution in [-0.4, -0.2) is 41.6 Å². The Kier molecular flexibility index (Phi) is 7.04. The van der Waals surface area contributed by atoms with Crippen LogP contribution in [0.25, 0.3) is 0 Å². The van der Waals surface area contributed by atoms with Crippen molar-refractivity contribution in [2.75, 3.05) is 23.9 Å². The number of hydrogen-bond donors (Lipinski definition) is 1. The molecule has 0 atom stereocenters. The largest absolute Gasteiger partial charge is 0.461 e. The molecular weight excluding hydrogens is 338 g/mol. The van der Waals surface area contributed by atoms with Gasteiger partial charge in [0.1, 0.15) is 12.3 Å². The minimum Gasteiger partial charge on any atom is -0.461 e. The third kappa shape index (κ3) is 4.95. The zero-order chi connectivity index (χ0) is 14.1. The number of carbonyl (C=O) groups is 2. The van der Waals surface area contributed by atoms with Gasteiger partial charge in [-0.05, 0) is 6.92 Å². The molecule has 1 aromatic rings. The van der Waals surface area contributed by atoms with Gasteiger partial charge < -0.3 is 14.9 Å². The number of nitrogens with zero attached hydrogens (tertiary/aromatic N) is 2. The lowest BCUT2D eigenvalue weighted by Crippen LogP contribution is -2.20. The van der Waals surface area contributed by atoms with Crippen molar-refractivity contribution in [2.45, 2.75) is 6.92 Å². The van der Waals surface area contributed by atoms with Gasteiger partial charge in [-0.15, -0.1) is 11.3 Å². The van der Waals surface area contributed by atoms with E-state index in [1.165, 1.54) is 11.3 Å². The Hall–Kier alpha value is -1.48. The fourth-order valence-electron chi connectivity index (χ4n) is 1.03. The van der Waals surface area contributed by atoms with E-state index in [9.17, 15) is 9.59 Å². The molecule has 0 saturated carbocycles. The summed E-state index contributed by atoms with van der Waals surface area (Å²) in [6, 6.07) is 0. The number of ether oxygens (including phenoxy) is 1. The van der Waals surface area contributed by atoms with Crippen LogP contribution < -0.4 is 5.32 Å². The van der Waals surface area contributed by atoms with Gasteiger partial charge in [0.25, 0.3) is 0 Å². The molecule has 1 N–H and O–H groups in total. The van der Waals surface area contributed by atoms with Gasteiger partial charge in [-0.1, -0.05) is 21.1 Å². The minimum absolute atomic E-state index is 0.0296. The van der Waals surface area contributed by atoms with E-state index in [-0.39, 0.29) is 12.3 Å².